The SMILES string of the molecule is CCc1cc2c(cc1CC)CC(NC[C@H](O)c1ccc(O)c3c1=CC(=O)C(=O)N=3)C2. The van der Waals surface area contributed by atoms with E-state index in [1.807, 2.05) is 0 Å². The minimum Gasteiger partial charge on any atom is -0.506 e. The van der Waals surface area contributed by atoms with Crippen LogP contribution in [-0.4, -0.2) is 34.5 Å². The fraction of sp³-hybridized carbons (Fsp3) is 0.375. The molecule has 0 fully saturated rings. The van der Waals surface area contributed by atoms with Gasteiger partial charge in [0.25, 0.3) is 0 Å². The van der Waals surface area contributed by atoms with Gasteiger partial charge in [0, 0.05) is 23.9 Å². The Labute approximate surface area is 175 Å². The van der Waals surface area contributed by atoms with Crippen molar-refractivity contribution in [3.63, 3.8) is 0 Å². The highest BCUT2D eigenvalue weighted by Gasteiger charge is 2.24. The van der Waals surface area contributed by atoms with Crippen molar-refractivity contribution in [2.24, 2.45) is 4.99 Å². The molecule has 2 aromatic rings. The quantitative estimate of drug-likeness (QED) is 0.617. The summed E-state index contributed by atoms with van der Waals surface area (Å²) in [5.74, 6) is -1.85. The van der Waals surface area contributed by atoms with Crippen LogP contribution < -0.4 is 15.9 Å². The second-order valence-corrected chi connectivity index (χ2v) is 7.99. The normalized spacial score (nSPS) is 16.6. The van der Waals surface area contributed by atoms with Crippen molar-refractivity contribution >= 4 is 17.8 Å². The Bertz CT molecular complexity index is 1120. The molecule has 30 heavy (non-hydrogen) atoms. The van der Waals surface area contributed by atoms with Crippen LogP contribution in [0.15, 0.2) is 29.3 Å². The molecule has 1 amide bonds. The van der Waals surface area contributed by atoms with E-state index in [-0.39, 0.29) is 17.1 Å². The average Bonchev–Trinajstić information content (AvgIpc) is 3.14. The molecule has 6 heteroatoms. The van der Waals surface area contributed by atoms with Crippen LogP contribution in [0, 0.1) is 0 Å². The molecule has 156 valence electrons. The van der Waals surface area contributed by atoms with Gasteiger partial charge in [-0.25, -0.2) is 4.99 Å². The van der Waals surface area contributed by atoms with Crippen molar-refractivity contribution < 1.29 is 19.8 Å². The number of phenols is 1. The van der Waals surface area contributed by atoms with Crippen molar-refractivity contribution in [2.75, 3.05) is 6.54 Å². The molecule has 1 heterocycles. The van der Waals surface area contributed by atoms with Gasteiger partial charge in [-0.3, -0.25) is 9.59 Å². The fourth-order valence-corrected chi connectivity index (χ4v) is 4.49. The van der Waals surface area contributed by atoms with Gasteiger partial charge in [0.15, 0.2) is 0 Å². The van der Waals surface area contributed by atoms with Gasteiger partial charge in [-0.15, -0.1) is 0 Å². The molecular weight excluding hydrogens is 380 g/mol. The van der Waals surface area contributed by atoms with Crippen LogP contribution in [0.25, 0.3) is 6.08 Å². The van der Waals surface area contributed by atoms with E-state index in [4.69, 9.17) is 0 Å². The second-order valence-electron chi connectivity index (χ2n) is 7.99. The van der Waals surface area contributed by atoms with Crippen LogP contribution in [0.2, 0.25) is 0 Å². The molecule has 4 rings (SSSR count). The molecule has 0 saturated heterocycles. The summed E-state index contributed by atoms with van der Waals surface area (Å²) in [6.45, 7) is 4.66. The maximum atomic E-state index is 11.8. The van der Waals surface area contributed by atoms with E-state index in [0.29, 0.717) is 17.3 Å². The summed E-state index contributed by atoms with van der Waals surface area (Å²) >= 11 is 0. The minimum atomic E-state index is -0.913. The number of hydrogen-bond acceptors (Lipinski definition) is 5. The molecule has 0 aromatic heterocycles. The summed E-state index contributed by atoms with van der Waals surface area (Å²) in [4.78, 5) is 27.0. The van der Waals surface area contributed by atoms with E-state index >= 15 is 0 Å². The molecule has 1 aliphatic carbocycles. The zero-order valence-electron chi connectivity index (χ0n) is 17.2. The molecule has 2 aromatic carbocycles. The number of carbonyl (C=O) groups is 2. The van der Waals surface area contributed by atoms with Gasteiger partial charge in [-0.1, -0.05) is 32.0 Å². The Kier molecular flexibility index (Phi) is 5.54. The van der Waals surface area contributed by atoms with Gasteiger partial charge >= 0.3 is 5.91 Å². The van der Waals surface area contributed by atoms with Crippen LogP contribution in [-0.2, 0) is 35.3 Å². The highest BCUT2D eigenvalue weighted by Crippen LogP contribution is 2.27. The number of phenolic OH excluding ortho intramolecular Hbond substituents is 1. The first-order valence-electron chi connectivity index (χ1n) is 10.5. The number of aromatic hydroxyl groups is 1. The molecule has 0 saturated carbocycles. The Morgan fingerprint density at radius 2 is 1.73 bits per heavy atom. The summed E-state index contributed by atoms with van der Waals surface area (Å²) in [7, 11) is 0. The molecule has 3 N–H and O–H groups in total. The minimum absolute atomic E-state index is 0.0450. The maximum Gasteiger partial charge on any atom is 0.318 e. The standard InChI is InChI=1S/C24H26N2O4/c1-3-13-7-15-9-17(10-16(15)8-14(13)4-2)25-12-22(29)18-5-6-20(27)23-19(18)11-21(28)24(30)26-23/h5-8,11,17,22,25,27,29H,3-4,9-10,12H2,1-2H3/t22-/m0/s1. The lowest BCUT2D eigenvalue weighted by atomic mass is 9.97. The predicted molar refractivity (Wildman–Crippen MR) is 113 cm³/mol. The molecular formula is C24H26N2O4. The van der Waals surface area contributed by atoms with E-state index in [1.165, 1.54) is 28.3 Å². The largest absolute Gasteiger partial charge is 0.506 e. The van der Waals surface area contributed by atoms with Gasteiger partial charge in [-0.05, 0) is 59.6 Å². The number of rotatable bonds is 6. The molecule has 6 nitrogen and oxygen atoms in total. The first kappa shape index (κ1) is 20.4. The number of benzene rings is 2. The van der Waals surface area contributed by atoms with Crippen molar-refractivity contribution in [2.45, 2.75) is 51.7 Å². The summed E-state index contributed by atoms with van der Waals surface area (Å²) in [5, 5.41) is 24.5. The lowest BCUT2D eigenvalue weighted by Crippen LogP contribution is -2.40. The monoisotopic (exact) mass is 406 g/mol. The summed E-state index contributed by atoms with van der Waals surface area (Å²) < 4.78 is 0. The number of aliphatic hydroxyl groups excluding tert-OH is 1. The summed E-state index contributed by atoms with van der Waals surface area (Å²) in [5.41, 5.74) is 6.03. The summed E-state index contributed by atoms with van der Waals surface area (Å²) in [6.07, 6.45) is 4.15. The second kappa shape index (κ2) is 8.13. The van der Waals surface area contributed by atoms with Crippen molar-refractivity contribution in [3.05, 3.63) is 62.7 Å². The molecule has 0 unspecified atom stereocenters. The number of nitrogens with zero attached hydrogens (tertiary/aromatic N) is 1. The molecule has 1 aliphatic heterocycles. The van der Waals surface area contributed by atoms with Gasteiger partial charge in [-0.2, -0.15) is 0 Å². The Morgan fingerprint density at radius 1 is 1.10 bits per heavy atom. The van der Waals surface area contributed by atoms with Gasteiger partial charge in [0.2, 0.25) is 5.78 Å². The van der Waals surface area contributed by atoms with Crippen LogP contribution in [0.1, 0.15) is 47.8 Å². The number of carbonyl (C=O) groups excluding carboxylic acids is 2. The van der Waals surface area contributed by atoms with Crippen LogP contribution >= 0.6 is 0 Å². The number of aliphatic hydroxyl groups is 1. The highest BCUT2D eigenvalue weighted by atomic mass is 16.3. The Morgan fingerprint density at radius 3 is 2.33 bits per heavy atom. The number of Topliss-reactive ketones (excluding diaryl/α,β-unsaturated/α-hetero) is 1. The van der Waals surface area contributed by atoms with Crippen molar-refractivity contribution in [3.8, 4) is 5.75 Å². The number of fused-ring (bicyclic) bond motifs is 2. The number of amides is 1. The third kappa shape index (κ3) is 3.68. The fourth-order valence-electron chi connectivity index (χ4n) is 4.49. The Balaban J connectivity index is 1.50. The summed E-state index contributed by atoms with van der Waals surface area (Å²) in [6, 6.07) is 7.84. The van der Waals surface area contributed by atoms with Gasteiger partial charge < -0.3 is 15.5 Å². The van der Waals surface area contributed by atoms with Crippen LogP contribution in [0.5, 0.6) is 5.75 Å². The van der Waals surface area contributed by atoms with E-state index in [0.717, 1.165) is 31.8 Å². The molecule has 0 spiro atoms. The first-order valence-corrected chi connectivity index (χ1v) is 10.5. The maximum absolute atomic E-state index is 11.8. The average molecular weight is 406 g/mol. The number of aryl methyl sites for hydroxylation is 2. The van der Waals surface area contributed by atoms with Gasteiger partial charge in [0.05, 0.1) is 6.10 Å². The molecule has 1 atom stereocenters. The third-order valence-electron chi connectivity index (χ3n) is 6.10. The van der Waals surface area contributed by atoms with Crippen molar-refractivity contribution in [1.82, 2.24) is 5.32 Å². The van der Waals surface area contributed by atoms with E-state index < -0.39 is 17.8 Å². The predicted octanol–water partition coefficient (Wildman–Crippen LogP) is 0.817. The van der Waals surface area contributed by atoms with Crippen LogP contribution in [0.4, 0.5) is 0 Å². The smallest absolute Gasteiger partial charge is 0.318 e. The Hall–Kier alpha value is -2.83. The number of ketones is 1. The first-order chi connectivity index (χ1) is 14.4. The zero-order valence-corrected chi connectivity index (χ0v) is 17.2. The number of nitrogens with one attached hydrogen (secondary N) is 1. The molecule has 0 bridgehead atoms. The molecule has 0 radical (unpaired) electrons. The third-order valence-corrected chi connectivity index (χ3v) is 6.10. The van der Waals surface area contributed by atoms with Crippen molar-refractivity contribution in [1.29, 1.82) is 0 Å². The lowest BCUT2D eigenvalue weighted by molar-refractivity contribution is -0.132. The van der Waals surface area contributed by atoms with Crippen LogP contribution in [0.3, 0.4) is 0 Å². The van der Waals surface area contributed by atoms with E-state index in [1.54, 1.807) is 6.07 Å². The molecule has 2 aliphatic rings. The lowest BCUT2D eigenvalue weighted by Gasteiger charge is -2.18. The highest BCUT2D eigenvalue weighted by molar-refractivity contribution is 6.48. The van der Waals surface area contributed by atoms with Gasteiger partial charge in [0.1, 0.15) is 11.1 Å². The van der Waals surface area contributed by atoms with E-state index in [2.05, 4.69) is 36.3 Å². The zero-order chi connectivity index (χ0) is 21.4. The topological polar surface area (TPSA) is 99.0 Å². The number of hydrogen-bond donors (Lipinski definition) is 3. The van der Waals surface area contributed by atoms with E-state index in [9.17, 15) is 19.8 Å².